The number of hydrogen-bond acceptors (Lipinski definition) is 5. The van der Waals surface area contributed by atoms with Gasteiger partial charge >= 0.3 is 0 Å². The number of quaternary nitrogens is 1. The molecular weight excluding hydrogens is 322 g/mol. The van der Waals surface area contributed by atoms with Crippen molar-refractivity contribution in [1.82, 2.24) is 0 Å². The van der Waals surface area contributed by atoms with Gasteiger partial charge in [-0.2, -0.15) is 5.26 Å². The molecule has 1 aromatic heterocycles. The number of benzene rings is 1. The molecule has 2 aromatic rings. The van der Waals surface area contributed by atoms with Gasteiger partial charge in [0.25, 0.3) is 0 Å². The molecule has 3 rings (SSSR count). The molecule has 5 nitrogen and oxygen atoms in total. The van der Waals surface area contributed by atoms with E-state index in [2.05, 4.69) is 18.1 Å². The lowest BCUT2D eigenvalue weighted by atomic mass is 10.0. The Morgan fingerprint density at radius 2 is 2.33 bits per heavy atom. The van der Waals surface area contributed by atoms with E-state index in [1.807, 2.05) is 13.0 Å². The Morgan fingerprint density at radius 3 is 3.08 bits per heavy atom. The molecular formula is C18H20N3O2S+. The molecule has 0 amide bonds. The number of fused-ring (bicyclic) bond motifs is 1. The van der Waals surface area contributed by atoms with E-state index in [1.54, 1.807) is 29.7 Å². The molecule has 1 aliphatic heterocycles. The summed E-state index contributed by atoms with van der Waals surface area (Å²) in [6.45, 7) is 4.34. The van der Waals surface area contributed by atoms with E-state index in [0.717, 1.165) is 30.1 Å². The third-order valence-corrected chi connectivity index (χ3v) is 5.24. The first-order valence-electron chi connectivity index (χ1n) is 7.98. The number of nitriles is 1. The summed E-state index contributed by atoms with van der Waals surface area (Å²) < 4.78 is 5.39. The number of rotatable bonds is 4. The first-order chi connectivity index (χ1) is 11.6. The first-order valence-corrected chi connectivity index (χ1v) is 8.80. The highest BCUT2D eigenvalue weighted by atomic mass is 32.1. The number of nitrogens with zero attached hydrogens (tertiary/aromatic N) is 2. The van der Waals surface area contributed by atoms with Crippen LogP contribution in [0.25, 0.3) is 0 Å². The van der Waals surface area contributed by atoms with E-state index in [1.165, 1.54) is 9.78 Å². The molecule has 0 aliphatic carbocycles. The molecule has 0 fully saturated rings. The van der Waals surface area contributed by atoms with Crippen molar-refractivity contribution in [3.63, 3.8) is 0 Å². The molecule has 1 unspecified atom stereocenters. The topological polar surface area (TPSA) is 70.0 Å². The Kier molecular flexibility index (Phi) is 4.84. The fourth-order valence-corrected chi connectivity index (χ4v) is 4.11. The van der Waals surface area contributed by atoms with Crippen molar-refractivity contribution in [3.8, 4) is 17.6 Å². The average Bonchev–Trinajstić information content (AvgIpc) is 2.92. The number of phenols is 1. The molecule has 0 radical (unpaired) electrons. The van der Waals surface area contributed by atoms with Gasteiger partial charge in [0.1, 0.15) is 17.6 Å². The Morgan fingerprint density at radius 1 is 1.50 bits per heavy atom. The standard InChI is InChI=1S/C18H19N3O2S/c1-3-23-15-6-4-5-12(17(15)22)10-20-18-14(9-19)13-7-8-21(2)11-16(13)24-18/h4-6,10,22H,3,7-8,11H2,1-2H3/p+1/b20-10+. The van der Waals surface area contributed by atoms with E-state index >= 15 is 0 Å². The van der Waals surface area contributed by atoms with Crippen molar-refractivity contribution in [3.05, 3.63) is 39.8 Å². The van der Waals surface area contributed by atoms with Crippen LogP contribution in [0.1, 0.15) is 28.5 Å². The Balaban J connectivity index is 1.93. The van der Waals surface area contributed by atoms with E-state index < -0.39 is 0 Å². The number of hydrogen-bond donors (Lipinski definition) is 2. The zero-order valence-electron chi connectivity index (χ0n) is 13.8. The van der Waals surface area contributed by atoms with E-state index in [9.17, 15) is 10.4 Å². The van der Waals surface area contributed by atoms with Crippen molar-refractivity contribution >= 4 is 22.6 Å². The second-order valence-electron chi connectivity index (χ2n) is 5.81. The van der Waals surface area contributed by atoms with Crippen molar-refractivity contribution in [1.29, 1.82) is 5.26 Å². The molecule has 24 heavy (non-hydrogen) atoms. The van der Waals surface area contributed by atoms with Crippen LogP contribution in [0.2, 0.25) is 0 Å². The van der Waals surface area contributed by atoms with Crippen molar-refractivity contribution in [2.24, 2.45) is 4.99 Å². The first kappa shape index (κ1) is 16.5. The third kappa shape index (κ3) is 3.14. The van der Waals surface area contributed by atoms with E-state index in [4.69, 9.17) is 4.74 Å². The second-order valence-corrected chi connectivity index (χ2v) is 6.90. The van der Waals surface area contributed by atoms with Crippen molar-refractivity contribution in [2.45, 2.75) is 19.9 Å². The molecule has 1 aliphatic rings. The highest BCUT2D eigenvalue weighted by Gasteiger charge is 2.24. The van der Waals surface area contributed by atoms with Gasteiger partial charge in [-0.15, -0.1) is 11.3 Å². The number of phenolic OH excluding ortho intramolecular Hbond substituents is 1. The number of nitrogens with one attached hydrogen (secondary N) is 1. The van der Waals surface area contributed by atoms with Gasteiger partial charge < -0.3 is 14.7 Å². The highest BCUT2D eigenvalue weighted by Crippen LogP contribution is 2.36. The Labute approximate surface area is 145 Å². The van der Waals surface area contributed by atoms with Crippen LogP contribution in [0.4, 0.5) is 5.00 Å². The number of likely N-dealkylation sites (N-methyl/N-ethyl adjacent to an activating group) is 1. The highest BCUT2D eigenvalue weighted by molar-refractivity contribution is 7.16. The molecule has 0 spiro atoms. The van der Waals surface area contributed by atoms with E-state index in [-0.39, 0.29) is 5.75 Å². The molecule has 6 heteroatoms. The van der Waals surface area contributed by atoms with Gasteiger partial charge in [-0.1, -0.05) is 6.07 Å². The van der Waals surface area contributed by atoms with E-state index in [0.29, 0.717) is 23.5 Å². The van der Waals surface area contributed by atoms with Crippen LogP contribution in [0.3, 0.4) is 0 Å². The fourth-order valence-electron chi connectivity index (χ4n) is 2.86. The molecule has 1 atom stereocenters. The van der Waals surface area contributed by atoms with Crippen LogP contribution in [0.5, 0.6) is 11.5 Å². The van der Waals surface area contributed by atoms with Crippen molar-refractivity contribution < 1.29 is 14.7 Å². The number of aromatic hydroxyl groups is 1. The predicted molar refractivity (Wildman–Crippen MR) is 94.7 cm³/mol. The predicted octanol–water partition coefficient (Wildman–Crippen LogP) is 2.05. The number of ether oxygens (including phenoxy) is 1. The van der Waals surface area contributed by atoms with Crippen LogP contribution in [0.15, 0.2) is 23.2 Å². The maximum Gasteiger partial charge on any atom is 0.166 e. The Bertz CT molecular complexity index is 820. The SMILES string of the molecule is CCOc1cccc(/C=N/c2sc3c(c2C#N)CC[NH+](C)C3)c1O. The van der Waals surface area contributed by atoms with Gasteiger partial charge in [-0.3, -0.25) is 0 Å². The maximum atomic E-state index is 10.2. The molecule has 0 bridgehead atoms. The minimum absolute atomic E-state index is 0.0760. The average molecular weight is 342 g/mol. The van der Waals surface area contributed by atoms with Gasteiger partial charge in [0.05, 0.1) is 30.6 Å². The second kappa shape index (κ2) is 7.04. The van der Waals surface area contributed by atoms with Gasteiger partial charge in [0, 0.05) is 18.2 Å². The molecule has 1 aromatic carbocycles. The zero-order chi connectivity index (χ0) is 17.1. The summed E-state index contributed by atoms with van der Waals surface area (Å²) in [6, 6.07) is 7.61. The summed E-state index contributed by atoms with van der Waals surface area (Å²) in [5.74, 6) is 0.518. The summed E-state index contributed by atoms with van der Waals surface area (Å²) >= 11 is 1.58. The lowest BCUT2D eigenvalue weighted by molar-refractivity contribution is -0.895. The molecule has 124 valence electrons. The maximum absolute atomic E-state index is 10.2. The quantitative estimate of drug-likeness (QED) is 0.836. The normalized spacial score (nSPS) is 16.8. The van der Waals surface area contributed by atoms with Crippen LogP contribution in [-0.2, 0) is 13.0 Å². The summed E-state index contributed by atoms with van der Waals surface area (Å²) in [5.41, 5.74) is 2.41. The molecule has 0 saturated heterocycles. The Hall–Kier alpha value is -2.36. The summed E-state index contributed by atoms with van der Waals surface area (Å²) in [5, 5.41) is 20.5. The van der Waals surface area contributed by atoms with Crippen LogP contribution in [-0.4, -0.2) is 31.5 Å². The van der Waals surface area contributed by atoms with Gasteiger partial charge in [-0.25, -0.2) is 4.99 Å². The van der Waals surface area contributed by atoms with Gasteiger partial charge in [-0.05, 0) is 24.6 Å². The minimum atomic E-state index is 0.0760. The fraction of sp³-hybridized carbons (Fsp3) is 0.333. The van der Waals surface area contributed by atoms with Gasteiger partial charge in [0.2, 0.25) is 0 Å². The summed E-state index contributed by atoms with van der Waals surface area (Å²) in [4.78, 5) is 7.18. The lowest BCUT2D eigenvalue weighted by Crippen LogP contribution is -3.08. The van der Waals surface area contributed by atoms with Gasteiger partial charge in [0.15, 0.2) is 11.5 Å². The molecule has 2 N–H and O–H groups in total. The third-order valence-electron chi connectivity index (χ3n) is 4.10. The van der Waals surface area contributed by atoms with Crippen LogP contribution < -0.4 is 9.64 Å². The number of para-hydroxylation sites is 1. The number of aliphatic imine (C=N–C) groups is 1. The smallest absolute Gasteiger partial charge is 0.166 e. The monoisotopic (exact) mass is 342 g/mol. The lowest BCUT2D eigenvalue weighted by Gasteiger charge is -2.18. The summed E-state index contributed by atoms with van der Waals surface area (Å²) in [6.07, 6.45) is 2.52. The zero-order valence-corrected chi connectivity index (χ0v) is 14.6. The van der Waals surface area contributed by atoms with Crippen molar-refractivity contribution in [2.75, 3.05) is 20.2 Å². The van der Waals surface area contributed by atoms with Crippen LogP contribution in [0, 0.1) is 11.3 Å². The largest absolute Gasteiger partial charge is 0.504 e. The number of thiophene rings is 1. The molecule has 0 saturated carbocycles. The molecule has 2 heterocycles. The van der Waals surface area contributed by atoms with Crippen LogP contribution >= 0.6 is 11.3 Å². The summed E-state index contributed by atoms with van der Waals surface area (Å²) in [7, 11) is 2.16. The minimum Gasteiger partial charge on any atom is -0.504 e.